The number of carboxylic acids is 1. The number of terminal acetylenes is 1. The minimum atomic E-state index is -0.806. The highest BCUT2D eigenvalue weighted by Gasteiger charge is 1.90. The van der Waals surface area contributed by atoms with E-state index in [1.165, 1.54) is 0 Å². The summed E-state index contributed by atoms with van der Waals surface area (Å²) < 4.78 is 0. The predicted molar refractivity (Wildman–Crippen MR) is 42.6 cm³/mol. The lowest BCUT2D eigenvalue weighted by Gasteiger charge is -1.83. The summed E-state index contributed by atoms with van der Waals surface area (Å²) in [5, 5.41) is 8.21. The summed E-state index contributed by atoms with van der Waals surface area (Å²) in [7, 11) is 0. The summed E-state index contributed by atoms with van der Waals surface area (Å²) in [6, 6.07) is 0. The van der Waals surface area contributed by atoms with E-state index in [0.29, 0.717) is 6.42 Å². The molecule has 0 amide bonds. The molecule has 0 radical (unpaired) electrons. The third-order valence-electron chi connectivity index (χ3n) is 0.870. The van der Waals surface area contributed by atoms with Gasteiger partial charge in [0, 0.05) is 6.42 Å². The van der Waals surface area contributed by atoms with Gasteiger partial charge in [0.05, 0.1) is 0 Å². The standard InChI is InChI=1S/C9H8O2/c1-2-3-4-5-6-7-8-9(10)11/h1,5-6H,7-8H2,(H,10,11). The summed E-state index contributed by atoms with van der Waals surface area (Å²) in [5.41, 5.74) is 0. The summed E-state index contributed by atoms with van der Waals surface area (Å²) >= 11 is 0. The van der Waals surface area contributed by atoms with Gasteiger partial charge in [-0.2, -0.15) is 0 Å². The van der Waals surface area contributed by atoms with E-state index in [-0.39, 0.29) is 6.42 Å². The van der Waals surface area contributed by atoms with Crippen LogP contribution in [0.5, 0.6) is 0 Å². The summed E-state index contributed by atoms with van der Waals surface area (Å²) in [6.45, 7) is 0. The Morgan fingerprint density at radius 1 is 1.64 bits per heavy atom. The number of aliphatic carboxylic acids is 1. The highest BCUT2D eigenvalue weighted by Crippen LogP contribution is 1.89. The number of hydrogen-bond donors (Lipinski definition) is 1. The Hall–Kier alpha value is -1.67. The number of carboxylic acid groups (broad SMARTS) is 1. The molecule has 0 fully saturated rings. The van der Waals surface area contributed by atoms with Crippen molar-refractivity contribution in [3.05, 3.63) is 12.2 Å². The Labute approximate surface area is 65.9 Å². The molecule has 2 nitrogen and oxygen atoms in total. The van der Waals surface area contributed by atoms with E-state index in [2.05, 4.69) is 17.8 Å². The van der Waals surface area contributed by atoms with Gasteiger partial charge in [-0.3, -0.25) is 4.79 Å². The van der Waals surface area contributed by atoms with E-state index >= 15 is 0 Å². The molecule has 11 heavy (non-hydrogen) atoms. The molecule has 0 bridgehead atoms. The third-order valence-corrected chi connectivity index (χ3v) is 0.870. The molecular formula is C9H8O2. The van der Waals surface area contributed by atoms with Gasteiger partial charge in [-0.15, -0.1) is 6.42 Å². The lowest BCUT2D eigenvalue weighted by atomic mass is 10.3. The van der Waals surface area contributed by atoms with Crippen LogP contribution in [-0.2, 0) is 4.79 Å². The Kier molecular flexibility index (Phi) is 5.47. The number of carbonyl (C=O) groups is 1. The summed E-state index contributed by atoms with van der Waals surface area (Å²) in [6.07, 6.45) is 8.71. The third kappa shape index (κ3) is 8.33. The fraction of sp³-hybridized carbons (Fsp3) is 0.222. The molecule has 0 saturated carbocycles. The summed E-state index contributed by atoms with van der Waals surface area (Å²) in [5.74, 6) is 6.26. The van der Waals surface area contributed by atoms with E-state index < -0.39 is 5.97 Å². The lowest BCUT2D eigenvalue weighted by molar-refractivity contribution is -0.136. The largest absolute Gasteiger partial charge is 0.481 e. The molecule has 0 aromatic heterocycles. The molecule has 56 valence electrons. The molecule has 0 aliphatic heterocycles. The topological polar surface area (TPSA) is 37.3 Å². The average molecular weight is 148 g/mol. The van der Waals surface area contributed by atoms with Crippen molar-refractivity contribution < 1.29 is 9.90 Å². The normalized spacial score (nSPS) is 8.27. The molecule has 0 aromatic carbocycles. The van der Waals surface area contributed by atoms with Crippen molar-refractivity contribution in [1.82, 2.24) is 0 Å². The average Bonchev–Trinajstić information content (AvgIpc) is 1.96. The molecule has 0 aliphatic carbocycles. The molecule has 0 unspecified atom stereocenters. The zero-order chi connectivity index (χ0) is 8.53. The first-order valence-corrected chi connectivity index (χ1v) is 3.10. The van der Waals surface area contributed by atoms with Crippen LogP contribution < -0.4 is 0 Å². The van der Waals surface area contributed by atoms with Gasteiger partial charge in [-0.05, 0) is 24.3 Å². The van der Waals surface area contributed by atoms with Gasteiger partial charge in [0.25, 0.3) is 0 Å². The second kappa shape index (κ2) is 6.45. The maximum atomic E-state index is 9.99. The second-order valence-electron chi connectivity index (χ2n) is 1.75. The van der Waals surface area contributed by atoms with Crippen molar-refractivity contribution in [2.75, 3.05) is 0 Å². The van der Waals surface area contributed by atoms with Crippen molar-refractivity contribution in [2.24, 2.45) is 0 Å². The molecule has 1 N–H and O–H groups in total. The Morgan fingerprint density at radius 3 is 2.91 bits per heavy atom. The lowest BCUT2D eigenvalue weighted by Crippen LogP contribution is -1.91. The zero-order valence-corrected chi connectivity index (χ0v) is 6.00. The molecule has 0 heterocycles. The number of rotatable bonds is 3. The van der Waals surface area contributed by atoms with E-state index in [9.17, 15) is 4.79 Å². The van der Waals surface area contributed by atoms with E-state index in [4.69, 9.17) is 11.5 Å². The summed E-state index contributed by atoms with van der Waals surface area (Å²) in [4.78, 5) is 9.99. The van der Waals surface area contributed by atoms with Crippen molar-refractivity contribution in [1.29, 1.82) is 0 Å². The smallest absolute Gasteiger partial charge is 0.303 e. The van der Waals surface area contributed by atoms with Crippen LogP contribution in [0.3, 0.4) is 0 Å². The van der Waals surface area contributed by atoms with Crippen LogP contribution >= 0.6 is 0 Å². The Bertz CT molecular complexity index is 245. The van der Waals surface area contributed by atoms with Crippen molar-refractivity contribution in [2.45, 2.75) is 12.8 Å². The first kappa shape index (κ1) is 9.33. The maximum absolute atomic E-state index is 9.99. The van der Waals surface area contributed by atoms with E-state index in [0.717, 1.165) is 0 Å². The van der Waals surface area contributed by atoms with Gasteiger partial charge in [0.1, 0.15) is 0 Å². The Balaban J connectivity index is 3.47. The van der Waals surface area contributed by atoms with Crippen LogP contribution in [-0.4, -0.2) is 11.1 Å². The second-order valence-corrected chi connectivity index (χ2v) is 1.75. The van der Waals surface area contributed by atoms with Crippen LogP contribution in [0.15, 0.2) is 12.2 Å². The molecular weight excluding hydrogens is 140 g/mol. The highest BCUT2D eigenvalue weighted by molar-refractivity contribution is 5.66. The minimum absolute atomic E-state index is 0.133. The molecule has 0 aliphatic rings. The molecule has 0 saturated heterocycles. The van der Waals surface area contributed by atoms with Crippen molar-refractivity contribution >= 4 is 5.97 Å². The van der Waals surface area contributed by atoms with Crippen LogP contribution in [0.4, 0.5) is 0 Å². The van der Waals surface area contributed by atoms with Crippen LogP contribution in [0.2, 0.25) is 0 Å². The van der Waals surface area contributed by atoms with Crippen LogP contribution in [0.1, 0.15) is 12.8 Å². The molecule has 0 atom stereocenters. The quantitative estimate of drug-likeness (QED) is 0.607. The number of hydrogen-bond acceptors (Lipinski definition) is 1. The fourth-order valence-corrected chi connectivity index (χ4v) is 0.432. The zero-order valence-electron chi connectivity index (χ0n) is 6.00. The molecule has 0 rings (SSSR count). The van der Waals surface area contributed by atoms with Gasteiger partial charge in [-0.25, -0.2) is 0 Å². The fourth-order valence-electron chi connectivity index (χ4n) is 0.432. The monoisotopic (exact) mass is 148 g/mol. The first-order chi connectivity index (χ1) is 5.27. The van der Waals surface area contributed by atoms with E-state index in [1.54, 1.807) is 12.2 Å². The van der Waals surface area contributed by atoms with Gasteiger partial charge in [-0.1, -0.05) is 12.0 Å². The molecule has 0 spiro atoms. The molecule has 2 heteroatoms. The first-order valence-electron chi connectivity index (χ1n) is 3.10. The van der Waals surface area contributed by atoms with Crippen molar-refractivity contribution in [3.8, 4) is 24.2 Å². The van der Waals surface area contributed by atoms with Crippen LogP contribution in [0.25, 0.3) is 0 Å². The van der Waals surface area contributed by atoms with Gasteiger partial charge in [0.15, 0.2) is 0 Å². The van der Waals surface area contributed by atoms with Gasteiger partial charge >= 0.3 is 5.97 Å². The van der Waals surface area contributed by atoms with Gasteiger partial charge < -0.3 is 5.11 Å². The minimum Gasteiger partial charge on any atom is -0.481 e. The SMILES string of the molecule is C#CC#CC=CCCC(=O)O. The van der Waals surface area contributed by atoms with Gasteiger partial charge in [0.2, 0.25) is 0 Å². The van der Waals surface area contributed by atoms with Crippen molar-refractivity contribution in [3.63, 3.8) is 0 Å². The predicted octanol–water partition coefficient (Wildman–Crippen LogP) is 1.04. The van der Waals surface area contributed by atoms with E-state index in [1.807, 2.05) is 0 Å². The number of allylic oxidation sites excluding steroid dienone is 2. The molecule has 0 aromatic rings. The Morgan fingerprint density at radius 2 is 2.36 bits per heavy atom. The maximum Gasteiger partial charge on any atom is 0.303 e. The highest BCUT2D eigenvalue weighted by atomic mass is 16.4. The van der Waals surface area contributed by atoms with Crippen LogP contribution in [0, 0.1) is 24.2 Å².